The molecule has 0 rings (SSSR count). The highest BCUT2D eigenvalue weighted by molar-refractivity contribution is 5.02. The smallest absolute Gasteiger partial charge is 0.104 e. The molecule has 0 heterocycles. The number of nitrogens with one attached hydrogen (secondary N) is 1. The van der Waals surface area contributed by atoms with E-state index in [2.05, 4.69) is 23.3 Å². The van der Waals surface area contributed by atoms with E-state index in [4.69, 9.17) is 10.00 Å². The van der Waals surface area contributed by atoms with Crippen molar-refractivity contribution in [1.82, 2.24) is 10.2 Å². The number of nitrogens with zero attached hydrogens (tertiary/aromatic N) is 2. The molecular weight excluding hydrogens is 202 g/mol. The van der Waals surface area contributed by atoms with Gasteiger partial charge in [-0.15, -0.1) is 0 Å². The Morgan fingerprint density at radius 3 is 2.50 bits per heavy atom. The van der Waals surface area contributed by atoms with Gasteiger partial charge in [-0.1, -0.05) is 0 Å². The molecule has 94 valence electrons. The van der Waals surface area contributed by atoms with Gasteiger partial charge in [0.15, 0.2) is 0 Å². The Morgan fingerprint density at radius 2 is 2.06 bits per heavy atom. The lowest BCUT2D eigenvalue weighted by Gasteiger charge is -2.24. The van der Waals surface area contributed by atoms with Gasteiger partial charge in [-0.3, -0.25) is 0 Å². The van der Waals surface area contributed by atoms with E-state index in [-0.39, 0.29) is 6.10 Å². The lowest BCUT2D eigenvalue weighted by atomic mass is 10.0. The lowest BCUT2D eigenvalue weighted by molar-refractivity contribution is 0.0629. The first kappa shape index (κ1) is 15.4. The summed E-state index contributed by atoms with van der Waals surface area (Å²) in [7, 11) is 3.88. The number of hydrogen-bond donors (Lipinski definition) is 1. The number of hydrogen-bond acceptors (Lipinski definition) is 4. The molecule has 4 nitrogen and oxygen atoms in total. The zero-order valence-corrected chi connectivity index (χ0v) is 11.2. The maximum absolute atomic E-state index is 8.99. The molecule has 0 saturated heterocycles. The maximum Gasteiger partial charge on any atom is 0.104 e. The number of nitriles is 1. The van der Waals surface area contributed by atoms with Crippen molar-refractivity contribution in [3.8, 4) is 6.07 Å². The molecule has 0 amide bonds. The summed E-state index contributed by atoms with van der Waals surface area (Å²) < 4.78 is 5.47. The Morgan fingerprint density at radius 1 is 1.44 bits per heavy atom. The van der Waals surface area contributed by atoms with Crippen LogP contribution < -0.4 is 5.32 Å². The average Bonchev–Trinajstić information content (AvgIpc) is 2.25. The van der Waals surface area contributed by atoms with Crippen molar-refractivity contribution in [2.75, 3.05) is 33.8 Å². The van der Waals surface area contributed by atoms with Crippen LogP contribution in [0.25, 0.3) is 0 Å². The van der Waals surface area contributed by atoms with Gasteiger partial charge in [0.05, 0.1) is 18.8 Å². The van der Waals surface area contributed by atoms with E-state index in [0.29, 0.717) is 0 Å². The van der Waals surface area contributed by atoms with Crippen LogP contribution in [-0.2, 0) is 4.74 Å². The second kappa shape index (κ2) is 7.61. The van der Waals surface area contributed by atoms with Crippen LogP contribution in [0.3, 0.4) is 0 Å². The summed E-state index contributed by atoms with van der Waals surface area (Å²) in [5, 5.41) is 12.0. The van der Waals surface area contributed by atoms with Crippen LogP contribution in [0.1, 0.15) is 27.2 Å². The van der Waals surface area contributed by atoms with Gasteiger partial charge in [0.1, 0.15) is 5.54 Å². The highest BCUT2D eigenvalue weighted by atomic mass is 16.5. The van der Waals surface area contributed by atoms with Gasteiger partial charge < -0.3 is 15.0 Å². The van der Waals surface area contributed by atoms with Crippen molar-refractivity contribution >= 4 is 0 Å². The van der Waals surface area contributed by atoms with Gasteiger partial charge in [0, 0.05) is 13.1 Å². The minimum atomic E-state index is -0.423. The molecule has 16 heavy (non-hydrogen) atoms. The van der Waals surface area contributed by atoms with Crippen molar-refractivity contribution in [2.24, 2.45) is 0 Å². The monoisotopic (exact) mass is 227 g/mol. The van der Waals surface area contributed by atoms with Gasteiger partial charge >= 0.3 is 0 Å². The van der Waals surface area contributed by atoms with E-state index in [0.717, 1.165) is 26.1 Å². The maximum atomic E-state index is 8.99. The van der Waals surface area contributed by atoms with E-state index in [1.807, 2.05) is 27.8 Å². The zero-order chi connectivity index (χ0) is 12.6. The topological polar surface area (TPSA) is 48.3 Å². The van der Waals surface area contributed by atoms with Crippen LogP contribution in [0.2, 0.25) is 0 Å². The Labute approximate surface area is 99.6 Å². The standard InChI is InChI=1S/C12H25N3O/c1-11(2)16-9-8-15(5)7-6-12(3,10-13)14-4/h11,14H,6-9H2,1-5H3. The third-order valence-electron chi connectivity index (χ3n) is 2.72. The van der Waals surface area contributed by atoms with Gasteiger partial charge in [-0.05, 0) is 41.3 Å². The molecule has 0 aliphatic carbocycles. The number of likely N-dealkylation sites (N-methyl/N-ethyl adjacent to an activating group) is 1. The minimum absolute atomic E-state index is 0.287. The summed E-state index contributed by atoms with van der Waals surface area (Å²) in [5.74, 6) is 0. The highest BCUT2D eigenvalue weighted by Gasteiger charge is 2.20. The Balaban J connectivity index is 3.73. The van der Waals surface area contributed by atoms with Crippen molar-refractivity contribution < 1.29 is 4.74 Å². The van der Waals surface area contributed by atoms with Crippen LogP contribution in [0.5, 0.6) is 0 Å². The number of rotatable bonds is 8. The molecule has 0 fully saturated rings. The molecule has 0 aromatic rings. The van der Waals surface area contributed by atoms with E-state index >= 15 is 0 Å². The summed E-state index contributed by atoms with van der Waals surface area (Å²) in [6.45, 7) is 8.54. The SMILES string of the molecule is CNC(C)(C#N)CCN(C)CCOC(C)C. The van der Waals surface area contributed by atoms with Gasteiger partial charge in [0.25, 0.3) is 0 Å². The average molecular weight is 227 g/mol. The van der Waals surface area contributed by atoms with Gasteiger partial charge in [0.2, 0.25) is 0 Å². The molecule has 0 saturated carbocycles. The molecule has 1 unspecified atom stereocenters. The van der Waals surface area contributed by atoms with E-state index in [1.54, 1.807) is 0 Å². The van der Waals surface area contributed by atoms with Gasteiger partial charge in [-0.25, -0.2) is 0 Å². The first-order valence-corrected chi connectivity index (χ1v) is 5.84. The minimum Gasteiger partial charge on any atom is -0.377 e. The highest BCUT2D eigenvalue weighted by Crippen LogP contribution is 2.07. The predicted octanol–water partition coefficient (Wildman–Crippen LogP) is 1.23. The second-order valence-corrected chi connectivity index (χ2v) is 4.67. The Bertz CT molecular complexity index is 225. The molecular formula is C12H25N3O. The molecule has 0 aromatic carbocycles. The van der Waals surface area contributed by atoms with Gasteiger partial charge in [-0.2, -0.15) is 5.26 Å². The van der Waals surface area contributed by atoms with E-state index < -0.39 is 5.54 Å². The fraction of sp³-hybridized carbons (Fsp3) is 0.917. The molecule has 1 atom stereocenters. The first-order valence-electron chi connectivity index (χ1n) is 5.84. The molecule has 1 N–H and O–H groups in total. The quantitative estimate of drug-likeness (QED) is 0.677. The predicted molar refractivity (Wildman–Crippen MR) is 66.3 cm³/mol. The molecule has 4 heteroatoms. The molecule has 0 aliphatic rings. The normalized spacial score (nSPS) is 15.1. The second-order valence-electron chi connectivity index (χ2n) is 4.67. The van der Waals surface area contributed by atoms with Crippen LogP contribution in [0.15, 0.2) is 0 Å². The van der Waals surface area contributed by atoms with Crippen molar-refractivity contribution in [2.45, 2.75) is 38.8 Å². The van der Waals surface area contributed by atoms with E-state index in [9.17, 15) is 0 Å². The number of ether oxygens (including phenoxy) is 1. The summed E-state index contributed by atoms with van der Waals surface area (Å²) in [5.41, 5.74) is -0.423. The van der Waals surface area contributed by atoms with Crippen molar-refractivity contribution in [1.29, 1.82) is 5.26 Å². The summed E-state index contributed by atoms with van der Waals surface area (Å²) >= 11 is 0. The molecule has 0 aromatic heterocycles. The third-order valence-corrected chi connectivity index (χ3v) is 2.72. The molecule has 0 bridgehead atoms. The molecule has 0 spiro atoms. The summed E-state index contributed by atoms with van der Waals surface area (Å²) in [6, 6.07) is 2.29. The zero-order valence-electron chi connectivity index (χ0n) is 11.2. The van der Waals surface area contributed by atoms with Crippen LogP contribution in [0, 0.1) is 11.3 Å². The largest absolute Gasteiger partial charge is 0.377 e. The fourth-order valence-electron chi connectivity index (χ4n) is 1.21. The van der Waals surface area contributed by atoms with E-state index in [1.165, 1.54) is 0 Å². The Hall–Kier alpha value is -0.630. The summed E-state index contributed by atoms with van der Waals surface area (Å²) in [4.78, 5) is 2.19. The molecule has 0 aliphatic heterocycles. The van der Waals surface area contributed by atoms with Crippen LogP contribution >= 0.6 is 0 Å². The lowest BCUT2D eigenvalue weighted by Crippen LogP contribution is -2.41. The molecule has 0 radical (unpaired) electrons. The fourth-order valence-corrected chi connectivity index (χ4v) is 1.21. The van der Waals surface area contributed by atoms with Crippen LogP contribution in [0.4, 0.5) is 0 Å². The van der Waals surface area contributed by atoms with Crippen molar-refractivity contribution in [3.05, 3.63) is 0 Å². The van der Waals surface area contributed by atoms with Crippen molar-refractivity contribution in [3.63, 3.8) is 0 Å². The van der Waals surface area contributed by atoms with Crippen LogP contribution in [-0.4, -0.2) is 50.3 Å². The summed E-state index contributed by atoms with van der Waals surface area (Å²) in [6.07, 6.45) is 1.10. The Kier molecular flexibility index (Phi) is 7.31. The third kappa shape index (κ3) is 6.78. The first-order chi connectivity index (χ1) is 7.43.